The van der Waals surface area contributed by atoms with E-state index in [9.17, 15) is 0 Å². The number of fused-ring (bicyclic) bond motifs is 1. The van der Waals surface area contributed by atoms with Crippen molar-refractivity contribution >= 4 is 11.0 Å². The molecule has 1 N–H and O–H groups in total. The second-order valence-electron chi connectivity index (χ2n) is 5.27. The van der Waals surface area contributed by atoms with Crippen molar-refractivity contribution in [1.82, 2.24) is 5.32 Å². The number of benzene rings is 2. The molecule has 0 spiro atoms. The van der Waals surface area contributed by atoms with Crippen molar-refractivity contribution in [1.29, 1.82) is 0 Å². The summed E-state index contributed by atoms with van der Waals surface area (Å²) in [6.07, 6.45) is 1.87. The predicted octanol–water partition coefficient (Wildman–Crippen LogP) is 4.36. The fourth-order valence-corrected chi connectivity index (χ4v) is 2.77. The van der Waals surface area contributed by atoms with Gasteiger partial charge in [0, 0.05) is 10.9 Å². The lowest BCUT2D eigenvalue weighted by Crippen LogP contribution is -2.18. The summed E-state index contributed by atoms with van der Waals surface area (Å²) in [5, 5.41) is 4.59. The minimum absolute atomic E-state index is 0.151. The number of hydrogen-bond donors (Lipinski definition) is 1. The van der Waals surface area contributed by atoms with E-state index < -0.39 is 0 Å². The van der Waals surface area contributed by atoms with E-state index in [4.69, 9.17) is 4.42 Å². The highest BCUT2D eigenvalue weighted by atomic mass is 16.3. The summed E-state index contributed by atoms with van der Waals surface area (Å²) in [5.41, 5.74) is 6.00. The molecule has 0 bridgehead atoms. The first kappa shape index (κ1) is 12.9. The molecule has 0 saturated heterocycles. The molecule has 102 valence electrons. The topological polar surface area (TPSA) is 25.2 Å². The van der Waals surface area contributed by atoms with E-state index in [1.807, 2.05) is 25.4 Å². The van der Waals surface area contributed by atoms with Crippen LogP contribution >= 0.6 is 0 Å². The van der Waals surface area contributed by atoms with Gasteiger partial charge in [0.1, 0.15) is 5.58 Å². The lowest BCUT2D eigenvalue weighted by molar-refractivity contribution is 0.596. The highest BCUT2D eigenvalue weighted by Gasteiger charge is 2.19. The molecule has 3 aromatic rings. The number of nitrogens with one attached hydrogen (secondary N) is 1. The number of hydrogen-bond acceptors (Lipinski definition) is 2. The molecule has 1 unspecified atom stereocenters. The number of rotatable bonds is 3. The number of para-hydroxylation sites is 1. The molecule has 0 aliphatic carbocycles. The Hall–Kier alpha value is -2.06. The second kappa shape index (κ2) is 5.14. The molecule has 2 aromatic carbocycles. The van der Waals surface area contributed by atoms with E-state index in [0.717, 1.165) is 5.58 Å². The number of furan rings is 1. The Morgan fingerprint density at radius 3 is 2.60 bits per heavy atom. The van der Waals surface area contributed by atoms with Gasteiger partial charge in [-0.15, -0.1) is 0 Å². The first-order valence-electron chi connectivity index (χ1n) is 6.91. The molecule has 1 aromatic heterocycles. The third kappa shape index (κ3) is 2.12. The summed E-state index contributed by atoms with van der Waals surface area (Å²) >= 11 is 0. The summed E-state index contributed by atoms with van der Waals surface area (Å²) in [6, 6.07) is 14.9. The molecule has 0 aliphatic rings. The van der Waals surface area contributed by atoms with Gasteiger partial charge in [0.15, 0.2) is 0 Å². The van der Waals surface area contributed by atoms with Gasteiger partial charge in [-0.2, -0.15) is 0 Å². The molecule has 1 heterocycles. The third-order valence-corrected chi connectivity index (χ3v) is 3.86. The largest absolute Gasteiger partial charge is 0.464 e. The van der Waals surface area contributed by atoms with Crippen molar-refractivity contribution in [2.24, 2.45) is 0 Å². The van der Waals surface area contributed by atoms with Crippen molar-refractivity contribution < 1.29 is 4.42 Å². The minimum Gasteiger partial charge on any atom is -0.464 e. The van der Waals surface area contributed by atoms with Crippen molar-refractivity contribution in [3.63, 3.8) is 0 Å². The average molecular weight is 265 g/mol. The molecule has 0 aliphatic heterocycles. The first-order chi connectivity index (χ1) is 9.70. The Bertz CT molecular complexity index is 742. The Morgan fingerprint density at radius 2 is 1.80 bits per heavy atom. The van der Waals surface area contributed by atoms with Gasteiger partial charge in [0.2, 0.25) is 0 Å². The average Bonchev–Trinajstić information content (AvgIpc) is 2.88. The molecule has 0 amide bonds. The van der Waals surface area contributed by atoms with Crippen LogP contribution in [-0.2, 0) is 0 Å². The van der Waals surface area contributed by atoms with E-state index in [2.05, 4.69) is 49.5 Å². The van der Waals surface area contributed by atoms with Crippen LogP contribution in [0.2, 0.25) is 0 Å². The Balaban J connectivity index is 2.16. The van der Waals surface area contributed by atoms with Gasteiger partial charge in [-0.05, 0) is 38.1 Å². The van der Waals surface area contributed by atoms with E-state index in [-0.39, 0.29) is 6.04 Å². The Morgan fingerprint density at radius 1 is 1.00 bits per heavy atom. The zero-order valence-corrected chi connectivity index (χ0v) is 12.1. The number of aryl methyl sites for hydroxylation is 2. The summed E-state index contributed by atoms with van der Waals surface area (Å²) in [6.45, 7) is 4.28. The van der Waals surface area contributed by atoms with Crippen LogP contribution in [-0.4, -0.2) is 7.05 Å². The van der Waals surface area contributed by atoms with Gasteiger partial charge in [-0.25, -0.2) is 0 Å². The van der Waals surface area contributed by atoms with Crippen LogP contribution in [0.3, 0.4) is 0 Å². The van der Waals surface area contributed by atoms with Crippen LogP contribution in [0, 0.1) is 13.8 Å². The second-order valence-corrected chi connectivity index (χ2v) is 5.27. The van der Waals surface area contributed by atoms with Crippen molar-refractivity contribution in [2.45, 2.75) is 19.9 Å². The van der Waals surface area contributed by atoms with Gasteiger partial charge in [0.25, 0.3) is 0 Å². The van der Waals surface area contributed by atoms with Crippen LogP contribution in [0.25, 0.3) is 11.0 Å². The summed E-state index contributed by atoms with van der Waals surface area (Å²) in [7, 11) is 1.99. The van der Waals surface area contributed by atoms with E-state index in [0.29, 0.717) is 0 Å². The monoisotopic (exact) mass is 265 g/mol. The standard InChI is InChI=1S/C18H19NO/c1-12-8-9-13(2)15(10-12)18(19-3)16-11-20-17-7-5-4-6-14(16)17/h4-11,18-19H,1-3H3. The zero-order chi connectivity index (χ0) is 14.1. The summed E-state index contributed by atoms with van der Waals surface area (Å²) < 4.78 is 5.68. The van der Waals surface area contributed by atoms with E-state index >= 15 is 0 Å². The normalized spacial score (nSPS) is 12.8. The molecule has 0 fully saturated rings. The molecule has 2 heteroatoms. The quantitative estimate of drug-likeness (QED) is 0.761. The predicted molar refractivity (Wildman–Crippen MR) is 83.0 cm³/mol. The highest BCUT2D eigenvalue weighted by molar-refractivity contribution is 5.82. The van der Waals surface area contributed by atoms with Crippen LogP contribution in [0.5, 0.6) is 0 Å². The smallest absolute Gasteiger partial charge is 0.134 e. The van der Waals surface area contributed by atoms with Gasteiger partial charge in [-0.1, -0.05) is 42.0 Å². The Labute approximate surface area is 119 Å². The molecule has 0 saturated carbocycles. The molecule has 3 rings (SSSR count). The van der Waals surface area contributed by atoms with Crippen molar-refractivity contribution in [3.8, 4) is 0 Å². The molecular formula is C18H19NO. The molecule has 20 heavy (non-hydrogen) atoms. The molecule has 0 radical (unpaired) electrons. The SMILES string of the molecule is CNC(c1cc(C)ccc1C)c1coc2ccccc12. The lowest BCUT2D eigenvalue weighted by atomic mass is 9.93. The van der Waals surface area contributed by atoms with Crippen LogP contribution < -0.4 is 5.32 Å². The van der Waals surface area contributed by atoms with Gasteiger partial charge < -0.3 is 9.73 Å². The lowest BCUT2D eigenvalue weighted by Gasteiger charge is -2.18. The van der Waals surface area contributed by atoms with Crippen molar-refractivity contribution in [3.05, 3.63) is 71.0 Å². The van der Waals surface area contributed by atoms with E-state index in [1.54, 1.807) is 0 Å². The van der Waals surface area contributed by atoms with Crippen LogP contribution in [0.15, 0.2) is 53.1 Å². The molecule has 2 nitrogen and oxygen atoms in total. The third-order valence-electron chi connectivity index (χ3n) is 3.86. The maximum Gasteiger partial charge on any atom is 0.134 e. The van der Waals surface area contributed by atoms with Gasteiger partial charge in [-0.3, -0.25) is 0 Å². The van der Waals surface area contributed by atoms with Gasteiger partial charge in [0.05, 0.1) is 12.3 Å². The minimum atomic E-state index is 0.151. The van der Waals surface area contributed by atoms with Crippen molar-refractivity contribution in [2.75, 3.05) is 7.05 Å². The summed E-state index contributed by atoms with van der Waals surface area (Å²) in [5.74, 6) is 0. The van der Waals surface area contributed by atoms with Gasteiger partial charge >= 0.3 is 0 Å². The fourth-order valence-electron chi connectivity index (χ4n) is 2.77. The first-order valence-corrected chi connectivity index (χ1v) is 6.91. The molecule has 1 atom stereocenters. The Kier molecular flexibility index (Phi) is 3.33. The molecular weight excluding hydrogens is 246 g/mol. The maximum atomic E-state index is 5.68. The summed E-state index contributed by atoms with van der Waals surface area (Å²) in [4.78, 5) is 0. The van der Waals surface area contributed by atoms with Crippen LogP contribution in [0.1, 0.15) is 28.3 Å². The maximum absolute atomic E-state index is 5.68. The highest BCUT2D eigenvalue weighted by Crippen LogP contribution is 2.32. The zero-order valence-electron chi connectivity index (χ0n) is 12.1. The van der Waals surface area contributed by atoms with E-state index in [1.165, 1.54) is 27.6 Å². The van der Waals surface area contributed by atoms with Crippen LogP contribution in [0.4, 0.5) is 0 Å². The fraction of sp³-hybridized carbons (Fsp3) is 0.222.